The first-order valence-electron chi connectivity index (χ1n) is 5.65. The van der Waals surface area contributed by atoms with Gasteiger partial charge in [-0.3, -0.25) is 0 Å². The monoisotopic (exact) mass is 223 g/mol. The molecule has 1 unspecified atom stereocenters. The van der Waals surface area contributed by atoms with Crippen molar-refractivity contribution in [1.82, 2.24) is 5.32 Å². The van der Waals surface area contributed by atoms with Crippen molar-refractivity contribution in [1.29, 1.82) is 0 Å². The van der Waals surface area contributed by atoms with Crippen molar-refractivity contribution in [2.75, 3.05) is 18.6 Å². The van der Waals surface area contributed by atoms with Crippen LogP contribution in [0.15, 0.2) is 24.3 Å². The van der Waals surface area contributed by atoms with Gasteiger partial charge in [-0.15, -0.1) is 0 Å². The van der Waals surface area contributed by atoms with Gasteiger partial charge in [0.25, 0.3) is 0 Å². The number of aryl methyl sites for hydroxylation is 1. The van der Waals surface area contributed by atoms with E-state index >= 15 is 0 Å². The molecule has 15 heavy (non-hydrogen) atoms. The van der Waals surface area contributed by atoms with Crippen molar-refractivity contribution < 1.29 is 0 Å². The molecule has 0 fully saturated rings. The molecule has 0 amide bonds. The molecule has 1 nitrogen and oxygen atoms in total. The van der Waals surface area contributed by atoms with E-state index in [1.807, 2.05) is 18.8 Å². The van der Waals surface area contributed by atoms with E-state index in [9.17, 15) is 0 Å². The first-order valence-corrected chi connectivity index (χ1v) is 6.81. The number of benzene rings is 1. The molecule has 2 heteroatoms. The van der Waals surface area contributed by atoms with Gasteiger partial charge in [-0.05, 0) is 30.3 Å². The Labute approximate surface area is 97.7 Å². The van der Waals surface area contributed by atoms with Gasteiger partial charge in [0.15, 0.2) is 0 Å². The summed E-state index contributed by atoms with van der Waals surface area (Å²) < 4.78 is 0. The minimum Gasteiger partial charge on any atom is -0.312 e. The molecule has 1 atom stereocenters. The Bertz CT molecular complexity index is 268. The molecule has 1 N–H and O–H groups in total. The largest absolute Gasteiger partial charge is 0.312 e. The van der Waals surface area contributed by atoms with Crippen LogP contribution in [0.4, 0.5) is 0 Å². The third-order valence-corrected chi connectivity index (χ3v) is 3.60. The maximum atomic E-state index is 3.37. The second-order valence-electron chi connectivity index (χ2n) is 3.60. The van der Waals surface area contributed by atoms with Crippen molar-refractivity contribution in [3.05, 3.63) is 35.4 Å². The molecule has 0 aromatic heterocycles. The molecule has 84 valence electrons. The lowest BCUT2D eigenvalue weighted by Gasteiger charge is -2.16. The Morgan fingerprint density at radius 1 is 1.20 bits per heavy atom. The first-order chi connectivity index (χ1) is 7.31. The van der Waals surface area contributed by atoms with Crippen LogP contribution in [0.3, 0.4) is 0 Å². The van der Waals surface area contributed by atoms with Crippen molar-refractivity contribution in [2.45, 2.75) is 26.3 Å². The predicted molar refractivity (Wildman–Crippen MR) is 70.6 cm³/mol. The summed E-state index contributed by atoms with van der Waals surface area (Å²) >= 11 is 1.98. The lowest BCUT2D eigenvalue weighted by molar-refractivity contribution is 0.661. The summed E-state index contributed by atoms with van der Waals surface area (Å²) in [6.45, 7) is 4.40. The third-order valence-electron chi connectivity index (χ3n) is 2.63. The van der Waals surface area contributed by atoms with Crippen LogP contribution in [0.5, 0.6) is 0 Å². The van der Waals surface area contributed by atoms with Gasteiger partial charge in [-0.25, -0.2) is 0 Å². The number of thioether (sulfide) groups is 1. The molecule has 0 saturated heterocycles. The van der Waals surface area contributed by atoms with Crippen LogP contribution in [-0.4, -0.2) is 18.6 Å². The second kappa shape index (κ2) is 6.91. The lowest BCUT2D eigenvalue weighted by Crippen LogP contribution is -2.18. The molecule has 0 spiro atoms. The van der Waals surface area contributed by atoms with Gasteiger partial charge in [0, 0.05) is 11.8 Å². The highest BCUT2D eigenvalue weighted by Crippen LogP contribution is 2.18. The van der Waals surface area contributed by atoms with Gasteiger partial charge < -0.3 is 5.32 Å². The molecular weight excluding hydrogens is 202 g/mol. The van der Waals surface area contributed by atoms with Crippen molar-refractivity contribution in [3.63, 3.8) is 0 Å². The maximum absolute atomic E-state index is 3.37. The average Bonchev–Trinajstić information content (AvgIpc) is 2.31. The topological polar surface area (TPSA) is 12.0 Å². The minimum absolute atomic E-state index is 0.487. The Balaban J connectivity index is 2.65. The zero-order valence-corrected chi connectivity index (χ0v) is 10.7. The van der Waals surface area contributed by atoms with Crippen LogP contribution in [0.1, 0.15) is 31.0 Å². The third kappa shape index (κ3) is 3.88. The number of nitrogens with one attached hydrogen (secondary N) is 1. The van der Waals surface area contributed by atoms with Gasteiger partial charge in [0.05, 0.1) is 0 Å². The van der Waals surface area contributed by atoms with Gasteiger partial charge in [0.1, 0.15) is 0 Å². The Kier molecular flexibility index (Phi) is 5.81. The van der Waals surface area contributed by atoms with E-state index in [-0.39, 0.29) is 0 Å². The fourth-order valence-electron chi connectivity index (χ4n) is 1.57. The van der Waals surface area contributed by atoms with Crippen LogP contribution in [0.2, 0.25) is 0 Å². The fourth-order valence-corrected chi connectivity index (χ4v) is 2.40. The van der Waals surface area contributed by atoms with E-state index in [0.29, 0.717) is 6.04 Å². The zero-order valence-electron chi connectivity index (χ0n) is 9.92. The molecule has 0 aliphatic heterocycles. The summed E-state index contributed by atoms with van der Waals surface area (Å²) in [5.74, 6) is 2.34. The Morgan fingerprint density at radius 2 is 1.87 bits per heavy atom. The fraction of sp³-hybridized carbons (Fsp3) is 0.538. The predicted octanol–water partition coefficient (Wildman–Crippen LogP) is 3.26. The lowest BCUT2D eigenvalue weighted by atomic mass is 10.1. The zero-order chi connectivity index (χ0) is 11.1. The van der Waals surface area contributed by atoms with Gasteiger partial charge in [-0.1, -0.05) is 38.1 Å². The Hall–Kier alpha value is -0.470. The molecule has 0 radical (unpaired) electrons. The molecule has 0 saturated carbocycles. The molecular formula is C13H21NS. The van der Waals surface area contributed by atoms with Crippen molar-refractivity contribution in [2.24, 2.45) is 0 Å². The average molecular weight is 223 g/mol. The SMILES string of the molecule is CCSCC(NC)c1ccc(CC)cc1. The van der Waals surface area contributed by atoms with E-state index in [2.05, 4.69) is 43.4 Å². The summed E-state index contributed by atoms with van der Waals surface area (Å²) in [6, 6.07) is 9.44. The summed E-state index contributed by atoms with van der Waals surface area (Å²) in [6.07, 6.45) is 1.12. The number of rotatable bonds is 6. The van der Waals surface area contributed by atoms with Crippen LogP contribution in [-0.2, 0) is 6.42 Å². The Morgan fingerprint density at radius 3 is 2.33 bits per heavy atom. The summed E-state index contributed by atoms with van der Waals surface area (Å²) in [7, 11) is 2.04. The van der Waals surface area contributed by atoms with Crippen LogP contribution >= 0.6 is 11.8 Å². The molecule has 0 aliphatic carbocycles. The summed E-state index contributed by atoms with van der Waals surface area (Å²) in [4.78, 5) is 0. The normalized spacial score (nSPS) is 12.7. The standard InChI is InChI=1S/C13H21NS/c1-4-11-6-8-12(9-7-11)13(14-3)10-15-5-2/h6-9,13-14H,4-5,10H2,1-3H3. The highest BCUT2D eigenvalue weighted by molar-refractivity contribution is 7.99. The van der Waals surface area contributed by atoms with E-state index in [0.717, 1.165) is 12.2 Å². The summed E-state index contributed by atoms with van der Waals surface area (Å²) in [5.41, 5.74) is 2.81. The van der Waals surface area contributed by atoms with Crippen LogP contribution < -0.4 is 5.32 Å². The molecule has 0 heterocycles. The van der Waals surface area contributed by atoms with Gasteiger partial charge in [0.2, 0.25) is 0 Å². The highest BCUT2D eigenvalue weighted by atomic mass is 32.2. The van der Waals surface area contributed by atoms with Crippen molar-refractivity contribution in [3.8, 4) is 0 Å². The highest BCUT2D eigenvalue weighted by Gasteiger charge is 2.07. The molecule has 1 rings (SSSR count). The quantitative estimate of drug-likeness (QED) is 0.794. The van der Waals surface area contributed by atoms with E-state index in [1.54, 1.807) is 0 Å². The van der Waals surface area contributed by atoms with Crippen LogP contribution in [0.25, 0.3) is 0 Å². The first kappa shape index (κ1) is 12.6. The van der Waals surface area contributed by atoms with Crippen LogP contribution in [0, 0.1) is 0 Å². The van der Waals surface area contributed by atoms with E-state index in [4.69, 9.17) is 0 Å². The number of hydrogen-bond acceptors (Lipinski definition) is 2. The van der Waals surface area contributed by atoms with E-state index in [1.165, 1.54) is 16.9 Å². The number of hydrogen-bond donors (Lipinski definition) is 1. The van der Waals surface area contributed by atoms with E-state index < -0.39 is 0 Å². The molecule has 0 bridgehead atoms. The summed E-state index contributed by atoms with van der Waals surface area (Å²) in [5, 5.41) is 3.37. The minimum atomic E-state index is 0.487. The van der Waals surface area contributed by atoms with Crippen molar-refractivity contribution >= 4 is 11.8 Å². The molecule has 1 aromatic rings. The van der Waals surface area contributed by atoms with Gasteiger partial charge in [-0.2, -0.15) is 11.8 Å². The molecule has 0 aliphatic rings. The maximum Gasteiger partial charge on any atom is 0.0409 e. The van der Waals surface area contributed by atoms with Gasteiger partial charge >= 0.3 is 0 Å². The smallest absolute Gasteiger partial charge is 0.0409 e. The second-order valence-corrected chi connectivity index (χ2v) is 4.91. The molecule has 1 aromatic carbocycles.